The lowest BCUT2D eigenvalue weighted by Crippen LogP contribution is -2.38. The van der Waals surface area contributed by atoms with Gasteiger partial charge in [0.1, 0.15) is 6.54 Å². The third-order valence-electron chi connectivity index (χ3n) is 4.63. The molecule has 0 fully saturated rings. The summed E-state index contributed by atoms with van der Waals surface area (Å²) in [5.74, 6) is -1.11. The van der Waals surface area contributed by atoms with Gasteiger partial charge in [0.2, 0.25) is 26.0 Å². The molecular weight excluding hydrogens is 484 g/mol. The summed E-state index contributed by atoms with van der Waals surface area (Å²) in [5, 5.41) is 5.22. The number of rotatable bonds is 11. The molecule has 0 heterocycles. The van der Waals surface area contributed by atoms with E-state index in [-0.39, 0.29) is 28.4 Å². The van der Waals surface area contributed by atoms with Crippen LogP contribution in [0.1, 0.15) is 10.4 Å². The molecule has 0 atom stereocenters. The maximum atomic E-state index is 12.7. The highest BCUT2D eigenvalue weighted by atomic mass is 32.2. The first-order valence-electron chi connectivity index (χ1n) is 10.0. The first kappa shape index (κ1) is 27.2. The van der Waals surface area contributed by atoms with Crippen LogP contribution in [-0.2, 0) is 29.6 Å². The standard InChI is InChI=1S/C21H28N4O7S2/c1-24(2)34(30,31)17-11-9-16(10-12-17)25(33(4,28)29)15-20(26)23-19-8-6-5-7-18(19)21(27)22-13-14-32-3/h5-12H,13-15H2,1-4H3,(H,22,27)(H,23,26). The monoisotopic (exact) mass is 512 g/mol. The van der Waals surface area contributed by atoms with Gasteiger partial charge in [-0.3, -0.25) is 13.9 Å². The number of hydrogen-bond donors (Lipinski definition) is 2. The summed E-state index contributed by atoms with van der Waals surface area (Å²) in [7, 11) is -3.33. The van der Waals surface area contributed by atoms with E-state index in [9.17, 15) is 26.4 Å². The SMILES string of the molecule is COCCNC(=O)c1ccccc1NC(=O)CN(c1ccc(S(=O)(=O)N(C)C)cc1)S(C)(=O)=O. The Labute approximate surface area is 199 Å². The molecule has 13 heteroatoms. The van der Waals surface area contributed by atoms with Crippen LogP contribution in [0.15, 0.2) is 53.4 Å². The Hall–Kier alpha value is -3.00. The van der Waals surface area contributed by atoms with Crippen molar-refractivity contribution in [3.05, 3.63) is 54.1 Å². The van der Waals surface area contributed by atoms with E-state index in [1.165, 1.54) is 57.6 Å². The molecule has 0 bridgehead atoms. The van der Waals surface area contributed by atoms with Gasteiger partial charge in [0.05, 0.1) is 34.7 Å². The summed E-state index contributed by atoms with van der Waals surface area (Å²) in [4.78, 5) is 25.1. The lowest BCUT2D eigenvalue weighted by molar-refractivity contribution is -0.114. The van der Waals surface area contributed by atoms with E-state index in [1.54, 1.807) is 12.1 Å². The van der Waals surface area contributed by atoms with Crippen LogP contribution in [-0.4, -0.2) is 80.1 Å². The van der Waals surface area contributed by atoms with Crippen molar-refractivity contribution in [3.63, 3.8) is 0 Å². The van der Waals surface area contributed by atoms with Crippen LogP contribution >= 0.6 is 0 Å². The predicted octanol–water partition coefficient (Wildman–Crippen LogP) is 0.718. The maximum absolute atomic E-state index is 12.7. The van der Waals surface area contributed by atoms with E-state index in [2.05, 4.69) is 10.6 Å². The third-order valence-corrected chi connectivity index (χ3v) is 7.60. The van der Waals surface area contributed by atoms with Gasteiger partial charge in [-0.05, 0) is 36.4 Å². The molecule has 0 aliphatic rings. The normalized spacial score (nSPS) is 11.8. The number of anilines is 2. The molecular formula is C21H28N4O7S2. The van der Waals surface area contributed by atoms with Gasteiger partial charge < -0.3 is 15.4 Å². The topological polar surface area (TPSA) is 142 Å². The van der Waals surface area contributed by atoms with Crippen LogP contribution in [0.2, 0.25) is 0 Å². The van der Waals surface area contributed by atoms with E-state index in [0.29, 0.717) is 6.61 Å². The summed E-state index contributed by atoms with van der Waals surface area (Å²) < 4.78 is 56.0. The minimum absolute atomic E-state index is 0.0208. The van der Waals surface area contributed by atoms with Gasteiger partial charge in [0.15, 0.2) is 0 Å². The Kier molecular flexibility index (Phi) is 9.15. The quantitative estimate of drug-likeness (QED) is 0.423. The smallest absolute Gasteiger partial charge is 0.253 e. The second-order valence-corrected chi connectivity index (χ2v) is 11.5. The van der Waals surface area contributed by atoms with Gasteiger partial charge in [0, 0.05) is 27.7 Å². The zero-order valence-corrected chi connectivity index (χ0v) is 20.9. The minimum Gasteiger partial charge on any atom is -0.383 e. The van der Waals surface area contributed by atoms with Gasteiger partial charge >= 0.3 is 0 Å². The average molecular weight is 513 g/mol. The third kappa shape index (κ3) is 7.00. The van der Waals surface area contributed by atoms with Crippen LogP contribution in [0.5, 0.6) is 0 Å². The van der Waals surface area contributed by atoms with Crippen LogP contribution in [0.4, 0.5) is 11.4 Å². The Morgan fingerprint density at radius 1 is 0.971 bits per heavy atom. The average Bonchev–Trinajstić information content (AvgIpc) is 2.77. The number of nitrogens with zero attached hydrogens (tertiary/aromatic N) is 2. The van der Waals surface area contributed by atoms with Crippen LogP contribution in [0.3, 0.4) is 0 Å². The molecule has 0 radical (unpaired) electrons. The van der Waals surface area contributed by atoms with Crippen molar-refractivity contribution in [1.82, 2.24) is 9.62 Å². The Morgan fingerprint density at radius 3 is 2.15 bits per heavy atom. The molecule has 11 nitrogen and oxygen atoms in total. The molecule has 2 N–H and O–H groups in total. The highest BCUT2D eigenvalue weighted by Crippen LogP contribution is 2.22. The van der Waals surface area contributed by atoms with Crippen molar-refractivity contribution in [2.75, 3.05) is 56.8 Å². The molecule has 0 spiro atoms. The van der Waals surface area contributed by atoms with Gasteiger partial charge in [-0.15, -0.1) is 0 Å². The molecule has 2 amide bonds. The van der Waals surface area contributed by atoms with Crippen LogP contribution in [0, 0.1) is 0 Å². The number of ether oxygens (including phenoxy) is 1. The second kappa shape index (κ2) is 11.4. The fraction of sp³-hybridized carbons (Fsp3) is 0.333. The molecule has 0 aromatic heterocycles. The Morgan fingerprint density at radius 2 is 1.59 bits per heavy atom. The summed E-state index contributed by atoms with van der Waals surface area (Å²) in [6, 6.07) is 11.4. The van der Waals surface area contributed by atoms with Crippen molar-refractivity contribution < 1.29 is 31.2 Å². The highest BCUT2D eigenvalue weighted by Gasteiger charge is 2.23. The summed E-state index contributed by atoms with van der Waals surface area (Å²) in [5.41, 5.74) is 0.528. The summed E-state index contributed by atoms with van der Waals surface area (Å²) in [6.45, 7) is 0.00939. The number of sulfonamides is 2. The van der Waals surface area contributed by atoms with Crippen molar-refractivity contribution >= 4 is 43.2 Å². The molecule has 2 rings (SSSR count). The van der Waals surface area contributed by atoms with Gasteiger partial charge in [-0.25, -0.2) is 21.1 Å². The molecule has 0 aliphatic carbocycles. The molecule has 2 aromatic rings. The molecule has 186 valence electrons. The Bertz CT molecular complexity index is 1230. The van der Waals surface area contributed by atoms with E-state index < -0.39 is 38.4 Å². The van der Waals surface area contributed by atoms with E-state index in [0.717, 1.165) is 14.9 Å². The number of hydrogen-bond acceptors (Lipinski definition) is 7. The highest BCUT2D eigenvalue weighted by molar-refractivity contribution is 7.92. The van der Waals surface area contributed by atoms with Gasteiger partial charge in [-0.2, -0.15) is 0 Å². The van der Waals surface area contributed by atoms with Crippen LogP contribution in [0.25, 0.3) is 0 Å². The van der Waals surface area contributed by atoms with Crippen molar-refractivity contribution in [2.45, 2.75) is 4.90 Å². The molecule has 0 saturated carbocycles. The number of nitrogens with one attached hydrogen (secondary N) is 2. The zero-order chi connectivity index (χ0) is 25.5. The Balaban J connectivity index is 2.24. The van der Waals surface area contributed by atoms with Crippen molar-refractivity contribution in [1.29, 1.82) is 0 Å². The molecule has 0 aliphatic heterocycles. The lowest BCUT2D eigenvalue weighted by atomic mass is 10.1. The molecule has 0 saturated heterocycles. The van der Waals surface area contributed by atoms with Gasteiger partial charge in [0.25, 0.3) is 5.91 Å². The fourth-order valence-electron chi connectivity index (χ4n) is 2.87. The minimum atomic E-state index is -3.89. The first-order chi connectivity index (χ1) is 15.9. The predicted molar refractivity (Wildman–Crippen MR) is 129 cm³/mol. The first-order valence-corrected chi connectivity index (χ1v) is 13.3. The van der Waals surface area contributed by atoms with Crippen LogP contribution < -0.4 is 14.9 Å². The fourth-order valence-corrected chi connectivity index (χ4v) is 4.63. The van der Waals surface area contributed by atoms with E-state index >= 15 is 0 Å². The summed E-state index contributed by atoms with van der Waals surface area (Å²) in [6.07, 6.45) is 0.932. The number of carbonyl (C=O) groups is 2. The number of amides is 2. The molecule has 0 unspecified atom stereocenters. The number of benzene rings is 2. The lowest BCUT2D eigenvalue weighted by Gasteiger charge is -2.22. The van der Waals surface area contributed by atoms with Gasteiger partial charge in [-0.1, -0.05) is 12.1 Å². The number of para-hydroxylation sites is 1. The molecule has 2 aromatic carbocycles. The largest absolute Gasteiger partial charge is 0.383 e. The molecule has 34 heavy (non-hydrogen) atoms. The number of carbonyl (C=O) groups excluding carboxylic acids is 2. The van der Waals surface area contributed by atoms with Crippen molar-refractivity contribution in [3.8, 4) is 0 Å². The summed E-state index contributed by atoms with van der Waals surface area (Å²) >= 11 is 0. The van der Waals surface area contributed by atoms with Crippen molar-refractivity contribution in [2.24, 2.45) is 0 Å². The zero-order valence-electron chi connectivity index (χ0n) is 19.3. The van der Waals surface area contributed by atoms with E-state index in [1.807, 2.05) is 0 Å². The number of methoxy groups -OCH3 is 1. The maximum Gasteiger partial charge on any atom is 0.253 e. The second-order valence-electron chi connectivity index (χ2n) is 7.39. The van der Waals surface area contributed by atoms with E-state index in [4.69, 9.17) is 4.74 Å².